The number of nitrogens with one attached hydrogen (secondary N) is 3. The number of carbonyl (C=O) groups excluding carboxylic acids is 2. The maximum Gasteiger partial charge on any atom is 0.251 e. The minimum Gasteiger partial charge on any atom is -0.354 e. The van der Waals surface area contributed by atoms with Crippen molar-refractivity contribution in [2.45, 2.75) is 56.5 Å². The molecule has 25 heavy (non-hydrogen) atoms. The number of benzene rings is 1. The van der Waals surface area contributed by atoms with Crippen LogP contribution in [0, 0.1) is 0 Å². The summed E-state index contributed by atoms with van der Waals surface area (Å²) in [6.07, 6.45) is 2.78. The summed E-state index contributed by atoms with van der Waals surface area (Å²) < 4.78 is 26.7. The SMILES string of the molecule is CCC(C)NC(=O)CCNC(=O)c1ccc(S(=O)(=O)NC2CC2)cc1. The van der Waals surface area contributed by atoms with Crippen LogP contribution in [0.15, 0.2) is 29.2 Å². The third-order valence-corrected chi connectivity index (χ3v) is 5.52. The standard InChI is InChI=1S/C17H25N3O4S/c1-3-12(2)19-16(21)10-11-18-17(22)13-4-8-15(9-5-13)25(23,24)20-14-6-7-14/h4-5,8-9,12,14,20H,3,6-7,10-11H2,1-2H3,(H,18,22)(H,19,21). The predicted octanol–water partition coefficient (Wildman–Crippen LogP) is 1.16. The van der Waals surface area contributed by atoms with E-state index in [2.05, 4.69) is 15.4 Å². The van der Waals surface area contributed by atoms with Crippen LogP contribution in [0.1, 0.15) is 49.9 Å². The second-order valence-corrected chi connectivity index (χ2v) is 8.02. The highest BCUT2D eigenvalue weighted by Crippen LogP contribution is 2.22. The minimum atomic E-state index is -3.52. The zero-order valence-electron chi connectivity index (χ0n) is 14.5. The topological polar surface area (TPSA) is 104 Å². The minimum absolute atomic E-state index is 0.0366. The molecule has 0 spiro atoms. The summed E-state index contributed by atoms with van der Waals surface area (Å²) >= 11 is 0. The molecule has 1 aliphatic carbocycles. The van der Waals surface area contributed by atoms with Gasteiger partial charge in [0.15, 0.2) is 0 Å². The molecule has 138 valence electrons. The molecule has 1 saturated carbocycles. The van der Waals surface area contributed by atoms with E-state index in [0.717, 1.165) is 19.3 Å². The fourth-order valence-corrected chi connectivity index (χ4v) is 3.42. The first kappa shape index (κ1) is 19.4. The Morgan fingerprint density at radius 1 is 1.20 bits per heavy atom. The van der Waals surface area contributed by atoms with Crippen LogP contribution < -0.4 is 15.4 Å². The molecular weight excluding hydrogens is 342 g/mol. The Hall–Kier alpha value is -1.93. The summed E-state index contributed by atoms with van der Waals surface area (Å²) in [4.78, 5) is 23.8. The average Bonchev–Trinajstić information content (AvgIpc) is 3.38. The van der Waals surface area contributed by atoms with Crippen LogP contribution in [-0.4, -0.2) is 38.9 Å². The maximum absolute atomic E-state index is 12.1. The second kappa shape index (κ2) is 8.44. The fourth-order valence-electron chi connectivity index (χ4n) is 2.11. The van der Waals surface area contributed by atoms with Gasteiger partial charge < -0.3 is 10.6 Å². The van der Waals surface area contributed by atoms with E-state index in [4.69, 9.17) is 0 Å². The van der Waals surface area contributed by atoms with E-state index in [1.54, 1.807) is 0 Å². The molecule has 2 amide bonds. The molecule has 2 rings (SSSR count). The lowest BCUT2D eigenvalue weighted by atomic mass is 10.2. The van der Waals surface area contributed by atoms with Gasteiger partial charge in [-0.1, -0.05) is 6.92 Å². The van der Waals surface area contributed by atoms with E-state index in [9.17, 15) is 18.0 Å². The van der Waals surface area contributed by atoms with Crippen molar-refractivity contribution in [3.63, 3.8) is 0 Å². The predicted molar refractivity (Wildman–Crippen MR) is 94.6 cm³/mol. The van der Waals surface area contributed by atoms with Crippen LogP contribution >= 0.6 is 0 Å². The van der Waals surface area contributed by atoms with Crippen LogP contribution in [-0.2, 0) is 14.8 Å². The van der Waals surface area contributed by atoms with Crippen LogP contribution in [0.25, 0.3) is 0 Å². The van der Waals surface area contributed by atoms with E-state index >= 15 is 0 Å². The van der Waals surface area contributed by atoms with Crippen molar-refractivity contribution < 1.29 is 18.0 Å². The van der Waals surface area contributed by atoms with E-state index in [1.165, 1.54) is 24.3 Å². The quantitative estimate of drug-likeness (QED) is 0.609. The van der Waals surface area contributed by atoms with Crippen molar-refractivity contribution >= 4 is 21.8 Å². The maximum atomic E-state index is 12.1. The van der Waals surface area contributed by atoms with Gasteiger partial charge in [-0.25, -0.2) is 13.1 Å². The molecule has 1 aromatic carbocycles. The van der Waals surface area contributed by atoms with Gasteiger partial charge in [0.05, 0.1) is 4.90 Å². The Kier molecular flexibility index (Phi) is 6.55. The molecule has 1 aromatic rings. The number of amides is 2. The molecule has 0 aliphatic heterocycles. The van der Waals surface area contributed by atoms with E-state index in [-0.39, 0.29) is 41.8 Å². The van der Waals surface area contributed by atoms with Crippen LogP contribution in [0.5, 0.6) is 0 Å². The molecule has 1 aliphatic rings. The van der Waals surface area contributed by atoms with Gasteiger partial charge in [-0.3, -0.25) is 9.59 Å². The summed E-state index contributed by atoms with van der Waals surface area (Å²) in [5, 5.41) is 5.48. The van der Waals surface area contributed by atoms with Gasteiger partial charge in [0, 0.05) is 30.6 Å². The molecule has 3 N–H and O–H groups in total. The van der Waals surface area contributed by atoms with Crippen molar-refractivity contribution in [2.24, 2.45) is 0 Å². The number of sulfonamides is 1. The van der Waals surface area contributed by atoms with Crippen molar-refractivity contribution in [2.75, 3.05) is 6.54 Å². The molecule has 1 unspecified atom stereocenters. The van der Waals surface area contributed by atoms with E-state index in [0.29, 0.717) is 5.56 Å². The molecular formula is C17H25N3O4S. The van der Waals surface area contributed by atoms with Crippen molar-refractivity contribution in [3.05, 3.63) is 29.8 Å². The fraction of sp³-hybridized carbons (Fsp3) is 0.529. The molecule has 0 saturated heterocycles. The highest BCUT2D eigenvalue weighted by Gasteiger charge is 2.27. The van der Waals surface area contributed by atoms with Crippen molar-refractivity contribution in [1.82, 2.24) is 15.4 Å². The summed E-state index contributed by atoms with van der Waals surface area (Å²) in [6.45, 7) is 4.13. The molecule has 0 bridgehead atoms. The Bertz CT molecular complexity index is 712. The summed E-state index contributed by atoms with van der Waals surface area (Å²) in [5.41, 5.74) is 0.354. The van der Waals surface area contributed by atoms with Crippen molar-refractivity contribution in [1.29, 1.82) is 0 Å². The van der Waals surface area contributed by atoms with E-state index < -0.39 is 10.0 Å². The lowest BCUT2D eigenvalue weighted by molar-refractivity contribution is -0.121. The number of hydrogen-bond acceptors (Lipinski definition) is 4. The largest absolute Gasteiger partial charge is 0.354 e. The first-order valence-electron chi connectivity index (χ1n) is 8.51. The third kappa shape index (κ3) is 6.13. The van der Waals surface area contributed by atoms with Gasteiger partial charge in [-0.2, -0.15) is 0 Å². The highest BCUT2D eigenvalue weighted by atomic mass is 32.2. The van der Waals surface area contributed by atoms with Gasteiger partial charge in [0.1, 0.15) is 0 Å². The van der Waals surface area contributed by atoms with Gasteiger partial charge in [-0.15, -0.1) is 0 Å². The van der Waals surface area contributed by atoms with Crippen LogP contribution in [0.4, 0.5) is 0 Å². The van der Waals surface area contributed by atoms with Gasteiger partial charge in [-0.05, 0) is 50.5 Å². The van der Waals surface area contributed by atoms with Crippen molar-refractivity contribution in [3.8, 4) is 0 Å². The van der Waals surface area contributed by atoms with Gasteiger partial charge in [0.25, 0.3) is 5.91 Å². The average molecular weight is 367 g/mol. The van der Waals surface area contributed by atoms with Gasteiger partial charge in [0.2, 0.25) is 15.9 Å². The first-order valence-corrected chi connectivity index (χ1v) is 10.00. The normalized spacial score (nSPS) is 15.4. The number of rotatable bonds is 9. The zero-order chi connectivity index (χ0) is 18.4. The molecule has 0 aromatic heterocycles. The molecule has 7 nitrogen and oxygen atoms in total. The third-order valence-electron chi connectivity index (χ3n) is 3.98. The Morgan fingerprint density at radius 2 is 1.84 bits per heavy atom. The molecule has 0 radical (unpaired) electrons. The zero-order valence-corrected chi connectivity index (χ0v) is 15.4. The lowest BCUT2D eigenvalue weighted by Crippen LogP contribution is -2.35. The highest BCUT2D eigenvalue weighted by molar-refractivity contribution is 7.89. The van der Waals surface area contributed by atoms with Crippen LogP contribution in [0.3, 0.4) is 0 Å². The monoisotopic (exact) mass is 367 g/mol. The Labute approximate surface area is 148 Å². The second-order valence-electron chi connectivity index (χ2n) is 6.30. The summed E-state index contributed by atoms with van der Waals surface area (Å²) in [7, 11) is -3.52. The number of hydrogen-bond donors (Lipinski definition) is 3. The summed E-state index contributed by atoms with van der Waals surface area (Å²) in [5.74, 6) is -0.447. The Balaban J connectivity index is 1.83. The molecule has 0 heterocycles. The Morgan fingerprint density at radius 3 is 2.40 bits per heavy atom. The number of carbonyl (C=O) groups is 2. The van der Waals surface area contributed by atoms with Gasteiger partial charge >= 0.3 is 0 Å². The summed E-state index contributed by atoms with van der Waals surface area (Å²) in [6, 6.07) is 5.91. The smallest absolute Gasteiger partial charge is 0.251 e. The molecule has 1 atom stereocenters. The molecule has 1 fully saturated rings. The first-order chi connectivity index (χ1) is 11.8. The molecule has 8 heteroatoms. The van der Waals surface area contributed by atoms with E-state index in [1.807, 2.05) is 13.8 Å². The lowest BCUT2D eigenvalue weighted by Gasteiger charge is -2.11. The van der Waals surface area contributed by atoms with Crippen LogP contribution in [0.2, 0.25) is 0 Å².